The molecule has 5 nitrogen and oxygen atoms in total. The molecule has 2 aromatic rings. The summed E-state index contributed by atoms with van der Waals surface area (Å²) in [5, 5.41) is 9.77. The quantitative estimate of drug-likeness (QED) is 0.396. The lowest BCUT2D eigenvalue weighted by atomic mass is 10.2. The molecule has 0 spiro atoms. The fourth-order valence-corrected chi connectivity index (χ4v) is 2.15. The molecule has 0 aliphatic heterocycles. The van der Waals surface area contributed by atoms with Crippen LogP contribution in [0.3, 0.4) is 0 Å². The van der Waals surface area contributed by atoms with E-state index in [1.165, 1.54) is 12.1 Å². The van der Waals surface area contributed by atoms with Gasteiger partial charge in [-0.1, -0.05) is 18.2 Å². The Hall–Kier alpha value is -2.63. The minimum Gasteiger partial charge on any atom is -0.370 e. The zero-order valence-corrected chi connectivity index (χ0v) is 13.9. The van der Waals surface area contributed by atoms with Gasteiger partial charge in [-0.15, -0.1) is 0 Å². The third-order valence-electron chi connectivity index (χ3n) is 3.46. The van der Waals surface area contributed by atoms with Crippen molar-refractivity contribution in [1.82, 2.24) is 15.6 Å². The highest BCUT2D eigenvalue weighted by molar-refractivity contribution is 5.79. The molecule has 0 radical (unpaired) electrons. The zero-order valence-electron chi connectivity index (χ0n) is 13.9. The number of unbranched alkanes of at least 4 members (excludes halogenated alkanes) is 1. The van der Waals surface area contributed by atoms with E-state index in [9.17, 15) is 4.39 Å². The summed E-state index contributed by atoms with van der Waals surface area (Å²) in [7, 11) is 1.74. The average Bonchev–Trinajstić information content (AvgIpc) is 2.63. The highest BCUT2D eigenvalue weighted by Gasteiger charge is 1.99. The molecule has 6 heteroatoms. The number of hydrogen-bond donors (Lipinski definition) is 3. The Morgan fingerprint density at radius 1 is 1.04 bits per heavy atom. The number of nitrogens with zero attached hydrogens (tertiary/aromatic N) is 2. The molecule has 128 valence electrons. The summed E-state index contributed by atoms with van der Waals surface area (Å²) in [6.45, 7) is 2.34. The van der Waals surface area contributed by atoms with Crippen LogP contribution in [0.15, 0.2) is 53.7 Å². The van der Waals surface area contributed by atoms with Crippen LogP contribution < -0.4 is 16.0 Å². The summed E-state index contributed by atoms with van der Waals surface area (Å²) >= 11 is 0. The van der Waals surface area contributed by atoms with E-state index < -0.39 is 0 Å². The Morgan fingerprint density at radius 3 is 2.54 bits per heavy atom. The van der Waals surface area contributed by atoms with Gasteiger partial charge in [0.2, 0.25) is 0 Å². The van der Waals surface area contributed by atoms with Gasteiger partial charge in [0, 0.05) is 32.9 Å². The van der Waals surface area contributed by atoms with Crippen molar-refractivity contribution in [2.75, 3.05) is 25.5 Å². The Bertz CT molecular complexity index is 613. The van der Waals surface area contributed by atoms with Crippen LogP contribution in [-0.4, -0.2) is 31.1 Å². The Morgan fingerprint density at radius 2 is 1.83 bits per heavy atom. The molecule has 0 saturated carbocycles. The number of pyridine rings is 1. The SMILES string of the molecule is CN=C(NCCCCNc1ccccn1)NCc1ccc(F)cc1. The first-order valence-electron chi connectivity index (χ1n) is 8.12. The number of aromatic nitrogens is 1. The maximum atomic E-state index is 12.9. The summed E-state index contributed by atoms with van der Waals surface area (Å²) in [6.07, 6.45) is 3.84. The molecule has 1 aromatic heterocycles. The summed E-state index contributed by atoms with van der Waals surface area (Å²) in [5.41, 5.74) is 1.01. The predicted molar refractivity (Wildman–Crippen MR) is 96.6 cm³/mol. The lowest BCUT2D eigenvalue weighted by molar-refractivity contribution is 0.626. The second-order valence-corrected chi connectivity index (χ2v) is 5.33. The zero-order chi connectivity index (χ0) is 17.0. The molecule has 3 N–H and O–H groups in total. The van der Waals surface area contributed by atoms with Crippen molar-refractivity contribution in [2.45, 2.75) is 19.4 Å². The largest absolute Gasteiger partial charge is 0.370 e. The van der Waals surface area contributed by atoms with Gasteiger partial charge < -0.3 is 16.0 Å². The number of aliphatic imine (C=N–C) groups is 1. The average molecular weight is 329 g/mol. The molecular formula is C18H24FN5. The van der Waals surface area contributed by atoms with E-state index in [1.54, 1.807) is 25.4 Å². The molecule has 0 fully saturated rings. The number of halogens is 1. The van der Waals surface area contributed by atoms with Crippen LogP contribution in [0.5, 0.6) is 0 Å². The fraction of sp³-hybridized carbons (Fsp3) is 0.333. The van der Waals surface area contributed by atoms with E-state index in [4.69, 9.17) is 0 Å². The van der Waals surface area contributed by atoms with E-state index in [1.807, 2.05) is 18.2 Å². The standard InChI is InChI=1S/C18H24FN5/c1-20-18(24-14-15-7-9-16(19)10-8-15)23-13-5-4-12-22-17-6-2-3-11-21-17/h2-3,6-11H,4-5,12-14H2,1H3,(H,21,22)(H2,20,23,24). The highest BCUT2D eigenvalue weighted by Crippen LogP contribution is 2.02. The van der Waals surface area contributed by atoms with Crippen LogP contribution in [0.25, 0.3) is 0 Å². The van der Waals surface area contributed by atoms with Gasteiger partial charge in [-0.05, 0) is 42.7 Å². The molecule has 0 bridgehead atoms. The molecule has 0 saturated heterocycles. The van der Waals surface area contributed by atoms with Crippen LogP contribution in [0, 0.1) is 5.82 Å². The van der Waals surface area contributed by atoms with Crippen LogP contribution in [-0.2, 0) is 6.54 Å². The first kappa shape index (κ1) is 17.7. The summed E-state index contributed by atoms with van der Waals surface area (Å²) in [5.74, 6) is 1.43. The van der Waals surface area contributed by atoms with E-state index in [0.717, 1.165) is 43.3 Å². The molecule has 1 heterocycles. The lowest BCUT2D eigenvalue weighted by Crippen LogP contribution is -2.37. The monoisotopic (exact) mass is 329 g/mol. The Kier molecular flexibility index (Phi) is 7.53. The van der Waals surface area contributed by atoms with Crippen molar-refractivity contribution in [1.29, 1.82) is 0 Å². The Labute approximate surface area is 142 Å². The van der Waals surface area contributed by atoms with Gasteiger partial charge in [-0.2, -0.15) is 0 Å². The van der Waals surface area contributed by atoms with Crippen molar-refractivity contribution in [3.8, 4) is 0 Å². The molecule has 0 aliphatic carbocycles. The van der Waals surface area contributed by atoms with Crippen LogP contribution in [0.4, 0.5) is 10.2 Å². The third-order valence-corrected chi connectivity index (χ3v) is 3.46. The smallest absolute Gasteiger partial charge is 0.191 e. The van der Waals surface area contributed by atoms with Crippen molar-refractivity contribution in [2.24, 2.45) is 4.99 Å². The van der Waals surface area contributed by atoms with E-state index in [2.05, 4.69) is 25.9 Å². The molecule has 2 rings (SSSR count). The minimum atomic E-state index is -0.222. The number of guanidine groups is 1. The second-order valence-electron chi connectivity index (χ2n) is 5.33. The van der Waals surface area contributed by atoms with Crippen LogP contribution >= 0.6 is 0 Å². The van der Waals surface area contributed by atoms with Gasteiger partial charge in [0.15, 0.2) is 5.96 Å². The topological polar surface area (TPSA) is 61.3 Å². The van der Waals surface area contributed by atoms with Crippen molar-refractivity contribution >= 4 is 11.8 Å². The molecule has 0 aliphatic rings. The van der Waals surface area contributed by atoms with E-state index in [0.29, 0.717) is 6.54 Å². The predicted octanol–water partition coefficient (Wildman–Crippen LogP) is 2.78. The van der Waals surface area contributed by atoms with Crippen molar-refractivity contribution in [3.63, 3.8) is 0 Å². The lowest BCUT2D eigenvalue weighted by Gasteiger charge is -2.12. The number of hydrogen-bond acceptors (Lipinski definition) is 3. The van der Waals surface area contributed by atoms with Crippen molar-refractivity contribution in [3.05, 3.63) is 60.0 Å². The van der Waals surface area contributed by atoms with Gasteiger partial charge in [-0.3, -0.25) is 4.99 Å². The number of nitrogens with one attached hydrogen (secondary N) is 3. The molecule has 0 amide bonds. The van der Waals surface area contributed by atoms with Crippen LogP contribution in [0.2, 0.25) is 0 Å². The third kappa shape index (κ3) is 6.64. The molecule has 0 unspecified atom stereocenters. The molecular weight excluding hydrogens is 305 g/mol. The first-order chi connectivity index (χ1) is 11.8. The van der Waals surface area contributed by atoms with Crippen molar-refractivity contribution < 1.29 is 4.39 Å². The highest BCUT2D eigenvalue weighted by atomic mass is 19.1. The number of rotatable bonds is 8. The van der Waals surface area contributed by atoms with Gasteiger partial charge in [0.05, 0.1) is 0 Å². The number of anilines is 1. The maximum Gasteiger partial charge on any atom is 0.191 e. The number of benzene rings is 1. The van der Waals surface area contributed by atoms with Gasteiger partial charge >= 0.3 is 0 Å². The second kappa shape index (κ2) is 10.2. The van der Waals surface area contributed by atoms with Crippen LogP contribution in [0.1, 0.15) is 18.4 Å². The Balaban J connectivity index is 1.57. The fourth-order valence-electron chi connectivity index (χ4n) is 2.15. The summed E-state index contributed by atoms with van der Waals surface area (Å²) in [4.78, 5) is 8.40. The first-order valence-corrected chi connectivity index (χ1v) is 8.12. The summed E-state index contributed by atoms with van der Waals surface area (Å²) < 4.78 is 12.9. The van der Waals surface area contributed by atoms with E-state index >= 15 is 0 Å². The molecule has 1 aromatic carbocycles. The summed E-state index contributed by atoms with van der Waals surface area (Å²) in [6, 6.07) is 12.3. The van der Waals surface area contributed by atoms with Gasteiger partial charge in [0.25, 0.3) is 0 Å². The maximum absolute atomic E-state index is 12.9. The molecule has 24 heavy (non-hydrogen) atoms. The minimum absolute atomic E-state index is 0.222. The molecule has 0 atom stereocenters. The van der Waals surface area contributed by atoms with Gasteiger partial charge in [0.1, 0.15) is 11.6 Å². The van der Waals surface area contributed by atoms with E-state index in [-0.39, 0.29) is 5.82 Å². The normalized spacial score (nSPS) is 11.2. The van der Waals surface area contributed by atoms with Gasteiger partial charge in [-0.25, -0.2) is 9.37 Å².